The summed E-state index contributed by atoms with van der Waals surface area (Å²) in [6.45, 7) is 6.55. The van der Waals surface area contributed by atoms with Crippen LogP contribution >= 0.6 is 0 Å². The van der Waals surface area contributed by atoms with Crippen molar-refractivity contribution >= 4 is 0 Å². The SMILES string of the molecule is CN1CCC(N2CCC(CNC3CC3)C2)C1. The molecule has 1 aliphatic carbocycles. The molecule has 2 aliphatic heterocycles. The standard InChI is InChI=1S/C13H25N3/c1-15-6-5-13(10-15)16-7-4-11(9-16)8-14-12-2-3-12/h11-14H,2-10H2,1H3. The third kappa shape index (κ3) is 2.58. The monoisotopic (exact) mass is 223 g/mol. The van der Waals surface area contributed by atoms with Crippen molar-refractivity contribution in [1.82, 2.24) is 15.1 Å². The summed E-state index contributed by atoms with van der Waals surface area (Å²) in [6, 6.07) is 1.74. The molecule has 1 saturated carbocycles. The van der Waals surface area contributed by atoms with Gasteiger partial charge in [-0.05, 0) is 58.3 Å². The van der Waals surface area contributed by atoms with Gasteiger partial charge in [-0.1, -0.05) is 0 Å². The number of rotatable bonds is 4. The highest BCUT2D eigenvalue weighted by atomic mass is 15.3. The minimum Gasteiger partial charge on any atom is -0.314 e. The zero-order valence-electron chi connectivity index (χ0n) is 10.5. The lowest BCUT2D eigenvalue weighted by molar-refractivity contribution is 0.233. The molecule has 2 atom stereocenters. The molecule has 92 valence electrons. The van der Waals surface area contributed by atoms with E-state index >= 15 is 0 Å². The summed E-state index contributed by atoms with van der Waals surface area (Å²) in [5, 5.41) is 3.68. The summed E-state index contributed by atoms with van der Waals surface area (Å²) in [5.41, 5.74) is 0. The molecule has 0 radical (unpaired) electrons. The summed E-state index contributed by atoms with van der Waals surface area (Å²) >= 11 is 0. The van der Waals surface area contributed by atoms with Crippen molar-refractivity contribution < 1.29 is 0 Å². The van der Waals surface area contributed by atoms with Gasteiger partial charge in [-0.25, -0.2) is 0 Å². The fourth-order valence-electron chi connectivity index (χ4n) is 3.19. The van der Waals surface area contributed by atoms with Crippen molar-refractivity contribution in [3.8, 4) is 0 Å². The predicted octanol–water partition coefficient (Wildman–Crippen LogP) is 0.764. The van der Waals surface area contributed by atoms with E-state index in [4.69, 9.17) is 0 Å². The molecular formula is C13H25N3. The Kier molecular flexibility index (Phi) is 3.18. The molecule has 3 nitrogen and oxygen atoms in total. The number of likely N-dealkylation sites (N-methyl/N-ethyl adjacent to an activating group) is 1. The van der Waals surface area contributed by atoms with Crippen LogP contribution < -0.4 is 5.32 Å². The number of hydrogen-bond acceptors (Lipinski definition) is 3. The number of likely N-dealkylation sites (tertiary alicyclic amines) is 2. The second kappa shape index (κ2) is 4.63. The van der Waals surface area contributed by atoms with Gasteiger partial charge in [0.05, 0.1) is 0 Å². The molecule has 3 heteroatoms. The molecule has 0 bridgehead atoms. The van der Waals surface area contributed by atoms with E-state index in [0.717, 1.165) is 18.0 Å². The summed E-state index contributed by atoms with van der Waals surface area (Å²) in [7, 11) is 2.25. The first-order chi connectivity index (χ1) is 7.81. The fourth-order valence-corrected chi connectivity index (χ4v) is 3.19. The molecule has 0 aromatic rings. The molecule has 0 amide bonds. The molecule has 2 heterocycles. The summed E-state index contributed by atoms with van der Waals surface area (Å²) < 4.78 is 0. The lowest BCUT2D eigenvalue weighted by Crippen LogP contribution is -2.36. The molecule has 16 heavy (non-hydrogen) atoms. The van der Waals surface area contributed by atoms with Crippen molar-refractivity contribution in [1.29, 1.82) is 0 Å². The van der Waals surface area contributed by atoms with Crippen molar-refractivity contribution in [3.05, 3.63) is 0 Å². The molecule has 0 spiro atoms. The largest absolute Gasteiger partial charge is 0.314 e. The number of hydrogen-bond donors (Lipinski definition) is 1. The van der Waals surface area contributed by atoms with Crippen LogP contribution in [0.2, 0.25) is 0 Å². The Morgan fingerprint density at radius 2 is 1.94 bits per heavy atom. The van der Waals surface area contributed by atoms with Crippen LogP contribution in [-0.2, 0) is 0 Å². The van der Waals surface area contributed by atoms with Gasteiger partial charge in [0.2, 0.25) is 0 Å². The zero-order chi connectivity index (χ0) is 11.0. The van der Waals surface area contributed by atoms with E-state index < -0.39 is 0 Å². The van der Waals surface area contributed by atoms with E-state index in [1.807, 2.05) is 0 Å². The van der Waals surface area contributed by atoms with Gasteiger partial charge in [0.15, 0.2) is 0 Å². The van der Waals surface area contributed by atoms with Crippen LogP contribution in [0.3, 0.4) is 0 Å². The van der Waals surface area contributed by atoms with Crippen LogP contribution in [0.15, 0.2) is 0 Å². The van der Waals surface area contributed by atoms with Crippen LogP contribution in [0.4, 0.5) is 0 Å². The Balaban J connectivity index is 1.41. The van der Waals surface area contributed by atoms with Crippen LogP contribution in [0, 0.1) is 5.92 Å². The third-order valence-electron chi connectivity index (χ3n) is 4.47. The Morgan fingerprint density at radius 3 is 2.62 bits per heavy atom. The quantitative estimate of drug-likeness (QED) is 0.759. The maximum absolute atomic E-state index is 3.68. The van der Waals surface area contributed by atoms with E-state index in [1.54, 1.807) is 0 Å². The van der Waals surface area contributed by atoms with Gasteiger partial charge < -0.3 is 10.2 Å². The first-order valence-electron chi connectivity index (χ1n) is 6.97. The lowest BCUT2D eigenvalue weighted by Gasteiger charge is -2.23. The van der Waals surface area contributed by atoms with Crippen LogP contribution in [0.25, 0.3) is 0 Å². The van der Waals surface area contributed by atoms with E-state index in [1.165, 1.54) is 58.4 Å². The van der Waals surface area contributed by atoms with Gasteiger partial charge in [0.25, 0.3) is 0 Å². The average molecular weight is 223 g/mol. The predicted molar refractivity (Wildman–Crippen MR) is 66.6 cm³/mol. The fraction of sp³-hybridized carbons (Fsp3) is 1.00. The summed E-state index contributed by atoms with van der Waals surface area (Å²) in [4.78, 5) is 5.21. The zero-order valence-corrected chi connectivity index (χ0v) is 10.5. The first-order valence-corrected chi connectivity index (χ1v) is 6.97. The van der Waals surface area contributed by atoms with Gasteiger partial charge in [-0.15, -0.1) is 0 Å². The minimum atomic E-state index is 0.857. The second-order valence-corrected chi connectivity index (χ2v) is 6.04. The van der Waals surface area contributed by atoms with Crippen molar-refractivity contribution in [2.24, 2.45) is 5.92 Å². The highest BCUT2D eigenvalue weighted by molar-refractivity contribution is 4.89. The molecule has 2 unspecified atom stereocenters. The van der Waals surface area contributed by atoms with E-state index in [-0.39, 0.29) is 0 Å². The van der Waals surface area contributed by atoms with Crippen molar-refractivity contribution in [3.63, 3.8) is 0 Å². The topological polar surface area (TPSA) is 18.5 Å². The normalized spacial score (nSPS) is 37.3. The average Bonchev–Trinajstić information content (AvgIpc) is 2.81. The lowest BCUT2D eigenvalue weighted by atomic mass is 10.1. The Morgan fingerprint density at radius 1 is 1.06 bits per heavy atom. The Bertz CT molecular complexity index is 239. The molecule has 3 aliphatic rings. The molecule has 3 rings (SSSR count). The highest BCUT2D eigenvalue weighted by Crippen LogP contribution is 2.24. The number of nitrogens with one attached hydrogen (secondary N) is 1. The van der Waals surface area contributed by atoms with Crippen molar-refractivity contribution in [2.75, 3.05) is 39.8 Å². The summed E-state index contributed by atoms with van der Waals surface area (Å²) in [6.07, 6.45) is 5.65. The van der Waals surface area contributed by atoms with E-state index in [2.05, 4.69) is 22.2 Å². The smallest absolute Gasteiger partial charge is 0.0235 e. The van der Waals surface area contributed by atoms with Crippen LogP contribution in [0.5, 0.6) is 0 Å². The van der Waals surface area contributed by atoms with E-state index in [9.17, 15) is 0 Å². The molecule has 0 aromatic carbocycles. The molecule has 3 fully saturated rings. The van der Waals surface area contributed by atoms with Crippen LogP contribution in [0.1, 0.15) is 25.7 Å². The number of nitrogens with zero attached hydrogens (tertiary/aromatic N) is 2. The Hall–Kier alpha value is -0.120. The maximum atomic E-state index is 3.68. The maximum Gasteiger partial charge on any atom is 0.0235 e. The molecule has 0 aromatic heterocycles. The second-order valence-electron chi connectivity index (χ2n) is 6.04. The molecular weight excluding hydrogens is 198 g/mol. The van der Waals surface area contributed by atoms with Crippen molar-refractivity contribution in [2.45, 2.75) is 37.8 Å². The minimum absolute atomic E-state index is 0.857. The first kappa shape index (κ1) is 11.0. The van der Waals surface area contributed by atoms with E-state index in [0.29, 0.717) is 0 Å². The van der Waals surface area contributed by atoms with Gasteiger partial charge in [0, 0.05) is 25.2 Å². The highest BCUT2D eigenvalue weighted by Gasteiger charge is 2.32. The Labute approximate surface area is 99.2 Å². The van der Waals surface area contributed by atoms with Gasteiger partial charge in [-0.2, -0.15) is 0 Å². The van der Waals surface area contributed by atoms with Gasteiger partial charge in [0.1, 0.15) is 0 Å². The summed E-state index contributed by atoms with van der Waals surface area (Å²) in [5.74, 6) is 0.923. The molecule has 2 saturated heterocycles. The van der Waals surface area contributed by atoms with Gasteiger partial charge in [-0.3, -0.25) is 4.90 Å². The molecule has 1 N–H and O–H groups in total. The van der Waals surface area contributed by atoms with Gasteiger partial charge >= 0.3 is 0 Å². The third-order valence-corrected chi connectivity index (χ3v) is 4.47. The van der Waals surface area contributed by atoms with Crippen LogP contribution in [-0.4, -0.2) is 61.7 Å².